The summed E-state index contributed by atoms with van der Waals surface area (Å²) in [5.74, 6) is -1.02. The SMILES string of the molecule is CC.CSc1nc2c(F)c(Cl)nc(OC(C)CCN(CCN)C(=O)OC(C)(C)C)c2c(=O)[nH]1. The summed E-state index contributed by atoms with van der Waals surface area (Å²) in [6, 6.07) is 0. The van der Waals surface area contributed by atoms with Crippen molar-refractivity contribution >= 4 is 40.4 Å². The molecule has 2 aromatic rings. The van der Waals surface area contributed by atoms with Gasteiger partial charge in [0.15, 0.2) is 16.1 Å². The third-order valence-corrected chi connectivity index (χ3v) is 4.89. The van der Waals surface area contributed by atoms with Crippen molar-refractivity contribution in [1.82, 2.24) is 19.9 Å². The maximum atomic E-state index is 14.4. The molecule has 0 saturated heterocycles. The van der Waals surface area contributed by atoms with Gasteiger partial charge in [-0.25, -0.2) is 14.2 Å². The van der Waals surface area contributed by atoms with E-state index in [9.17, 15) is 14.0 Å². The van der Waals surface area contributed by atoms with Crippen LogP contribution < -0.4 is 16.0 Å². The van der Waals surface area contributed by atoms with Crippen LogP contribution in [0.1, 0.15) is 48.0 Å². The third-order valence-electron chi connectivity index (χ3n) is 4.06. The molecule has 0 spiro atoms. The number of nitrogens with zero attached hydrogens (tertiary/aromatic N) is 3. The number of ether oxygens (including phenoxy) is 2. The number of H-pyrrole nitrogens is 1. The number of hydrogen-bond acceptors (Lipinski definition) is 8. The van der Waals surface area contributed by atoms with Crippen LogP contribution in [-0.2, 0) is 4.74 Å². The van der Waals surface area contributed by atoms with Gasteiger partial charge in [-0.1, -0.05) is 37.2 Å². The number of carbonyl (C=O) groups excluding carboxylic acids is 1. The van der Waals surface area contributed by atoms with E-state index in [4.69, 9.17) is 26.8 Å². The van der Waals surface area contributed by atoms with Gasteiger partial charge in [0.1, 0.15) is 16.5 Å². The maximum Gasteiger partial charge on any atom is 0.410 e. The average Bonchev–Trinajstić information content (AvgIpc) is 2.74. The van der Waals surface area contributed by atoms with Crippen LogP contribution in [0.15, 0.2) is 9.95 Å². The number of nitrogens with one attached hydrogen (secondary N) is 1. The second-order valence-corrected chi connectivity index (χ2v) is 8.95. The first-order valence-corrected chi connectivity index (χ1v) is 12.2. The molecule has 0 saturated carbocycles. The largest absolute Gasteiger partial charge is 0.474 e. The van der Waals surface area contributed by atoms with Gasteiger partial charge in [0.2, 0.25) is 5.88 Å². The minimum absolute atomic E-state index is 0.127. The van der Waals surface area contributed by atoms with Gasteiger partial charge in [0, 0.05) is 26.1 Å². The monoisotopic (exact) mass is 505 g/mol. The Hall–Kier alpha value is -2.11. The molecule has 1 atom stereocenters. The number of carbonyl (C=O) groups is 1. The first kappa shape index (κ1) is 28.9. The number of halogens is 2. The molecular weight excluding hydrogens is 473 g/mol. The molecular formula is C21H33ClFN5O4S. The second kappa shape index (κ2) is 13.0. The number of aromatic amines is 1. The predicted molar refractivity (Wildman–Crippen MR) is 130 cm³/mol. The Kier molecular flexibility index (Phi) is 11.4. The molecule has 0 fully saturated rings. The van der Waals surface area contributed by atoms with Gasteiger partial charge in [-0.3, -0.25) is 4.79 Å². The highest BCUT2D eigenvalue weighted by Crippen LogP contribution is 2.28. The fourth-order valence-corrected chi connectivity index (χ4v) is 3.19. The molecule has 0 aliphatic rings. The van der Waals surface area contributed by atoms with Gasteiger partial charge in [-0.05, 0) is 34.0 Å². The summed E-state index contributed by atoms with van der Waals surface area (Å²) in [6.07, 6.45) is 1.11. The number of fused-ring (bicyclic) bond motifs is 1. The van der Waals surface area contributed by atoms with E-state index >= 15 is 0 Å². The maximum absolute atomic E-state index is 14.4. The number of hydrogen-bond donors (Lipinski definition) is 2. The van der Waals surface area contributed by atoms with E-state index in [0.29, 0.717) is 19.5 Å². The number of thioether (sulfide) groups is 1. The van der Waals surface area contributed by atoms with Crippen molar-refractivity contribution in [2.24, 2.45) is 5.73 Å². The van der Waals surface area contributed by atoms with Crippen molar-refractivity contribution in [1.29, 1.82) is 0 Å². The van der Waals surface area contributed by atoms with Gasteiger partial charge in [0.05, 0.1) is 6.10 Å². The standard InChI is InChI=1S/C19H27ClFN5O4S.C2H6/c1-10(6-8-26(9-7-22)18(28)30-19(2,3)4)29-16-11-13(12(21)14(20)24-16)23-17(31-5)25-15(11)27;1-2/h10H,6-9,22H2,1-5H3,(H,23,25,27);1-2H3. The van der Waals surface area contributed by atoms with Gasteiger partial charge in [0.25, 0.3) is 5.56 Å². The van der Waals surface area contributed by atoms with Crippen molar-refractivity contribution in [2.45, 2.75) is 64.8 Å². The van der Waals surface area contributed by atoms with E-state index in [-0.39, 0.29) is 28.5 Å². The number of rotatable bonds is 8. The summed E-state index contributed by atoms with van der Waals surface area (Å²) in [4.78, 5) is 36.8. The summed E-state index contributed by atoms with van der Waals surface area (Å²) in [5, 5.41) is -0.330. The molecule has 2 rings (SSSR count). The van der Waals surface area contributed by atoms with Gasteiger partial charge in [-0.15, -0.1) is 0 Å². The Morgan fingerprint density at radius 1 is 1.30 bits per heavy atom. The highest BCUT2D eigenvalue weighted by Gasteiger charge is 2.24. The summed E-state index contributed by atoms with van der Waals surface area (Å²) >= 11 is 7.04. The van der Waals surface area contributed by atoms with Crippen LogP contribution in [0, 0.1) is 5.82 Å². The summed E-state index contributed by atoms with van der Waals surface area (Å²) in [7, 11) is 0. The zero-order valence-corrected chi connectivity index (χ0v) is 21.7. The highest BCUT2D eigenvalue weighted by molar-refractivity contribution is 7.98. The minimum Gasteiger partial charge on any atom is -0.474 e. The lowest BCUT2D eigenvalue weighted by atomic mass is 10.2. The Morgan fingerprint density at radius 2 is 1.94 bits per heavy atom. The lowest BCUT2D eigenvalue weighted by molar-refractivity contribution is 0.0236. The molecule has 0 aliphatic carbocycles. The number of pyridine rings is 1. The van der Waals surface area contributed by atoms with E-state index < -0.39 is 34.3 Å². The normalized spacial score (nSPS) is 12.1. The Labute approximate surface area is 202 Å². The van der Waals surface area contributed by atoms with Crippen LogP contribution in [-0.4, -0.2) is 63.5 Å². The Balaban J connectivity index is 0.00000265. The van der Waals surface area contributed by atoms with E-state index in [1.165, 1.54) is 4.90 Å². The molecule has 2 heterocycles. The molecule has 1 amide bonds. The zero-order chi connectivity index (χ0) is 25.3. The Bertz CT molecular complexity index is 999. The van der Waals surface area contributed by atoms with Crippen molar-refractivity contribution < 1.29 is 18.7 Å². The van der Waals surface area contributed by atoms with E-state index in [2.05, 4.69) is 15.0 Å². The fraction of sp³-hybridized carbons (Fsp3) is 0.619. The fourth-order valence-electron chi connectivity index (χ4n) is 2.65. The van der Waals surface area contributed by atoms with Crippen molar-refractivity contribution in [3.05, 3.63) is 21.3 Å². The highest BCUT2D eigenvalue weighted by atomic mass is 35.5. The molecule has 2 aromatic heterocycles. The summed E-state index contributed by atoms with van der Waals surface area (Å²) in [6.45, 7) is 11.9. The lowest BCUT2D eigenvalue weighted by Crippen LogP contribution is -2.41. The molecule has 0 radical (unpaired) electrons. The molecule has 33 heavy (non-hydrogen) atoms. The quantitative estimate of drug-likeness (QED) is 0.310. The first-order valence-electron chi connectivity index (χ1n) is 10.6. The molecule has 0 bridgehead atoms. The van der Waals surface area contributed by atoms with E-state index in [0.717, 1.165) is 11.8 Å². The zero-order valence-electron chi connectivity index (χ0n) is 20.1. The molecule has 1 unspecified atom stereocenters. The average molecular weight is 506 g/mol. The van der Waals surface area contributed by atoms with Crippen molar-refractivity contribution in [3.8, 4) is 5.88 Å². The first-order chi connectivity index (χ1) is 15.5. The van der Waals surface area contributed by atoms with Crippen LogP contribution in [0.4, 0.5) is 9.18 Å². The number of nitrogens with two attached hydrogens (primary N) is 1. The molecule has 3 N–H and O–H groups in total. The van der Waals surface area contributed by atoms with E-state index in [1.54, 1.807) is 34.0 Å². The summed E-state index contributed by atoms with van der Waals surface area (Å²) < 4.78 is 25.6. The summed E-state index contributed by atoms with van der Waals surface area (Å²) in [5.41, 5.74) is 4.17. The molecule has 12 heteroatoms. The predicted octanol–water partition coefficient (Wildman–Crippen LogP) is 4.21. The molecule has 0 aromatic carbocycles. The van der Waals surface area contributed by atoms with Crippen molar-refractivity contribution in [2.75, 3.05) is 25.9 Å². The minimum atomic E-state index is -0.892. The molecule has 0 aliphatic heterocycles. The second-order valence-electron chi connectivity index (χ2n) is 7.79. The van der Waals surface area contributed by atoms with Crippen LogP contribution in [0.5, 0.6) is 5.88 Å². The van der Waals surface area contributed by atoms with Crippen LogP contribution in [0.2, 0.25) is 5.15 Å². The molecule has 9 nitrogen and oxygen atoms in total. The topological polar surface area (TPSA) is 123 Å². The molecule has 186 valence electrons. The van der Waals surface area contributed by atoms with E-state index in [1.807, 2.05) is 13.8 Å². The number of aromatic nitrogens is 3. The van der Waals surface area contributed by atoms with Crippen LogP contribution in [0.3, 0.4) is 0 Å². The Morgan fingerprint density at radius 3 is 2.48 bits per heavy atom. The van der Waals surface area contributed by atoms with Gasteiger partial charge >= 0.3 is 6.09 Å². The van der Waals surface area contributed by atoms with Crippen molar-refractivity contribution in [3.63, 3.8) is 0 Å². The van der Waals surface area contributed by atoms with Crippen LogP contribution >= 0.6 is 23.4 Å². The lowest BCUT2D eigenvalue weighted by Gasteiger charge is -2.28. The third kappa shape index (κ3) is 8.31. The van der Waals surface area contributed by atoms with Gasteiger partial charge < -0.3 is 25.1 Å². The van der Waals surface area contributed by atoms with Crippen LogP contribution in [0.25, 0.3) is 10.9 Å². The van der Waals surface area contributed by atoms with Gasteiger partial charge in [-0.2, -0.15) is 4.98 Å². The smallest absolute Gasteiger partial charge is 0.410 e. The number of amides is 1.